The van der Waals surface area contributed by atoms with Gasteiger partial charge in [-0.3, -0.25) is 19.8 Å². The number of carbonyl (C=O) groups is 2. The molecule has 188 valence electrons. The molecule has 2 aromatic rings. The summed E-state index contributed by atoms with van der Waals surface area (Å²) in [6, 6.07) is 6.55. The largest absolute Gasteiger partial charge is 0.459 e. The predicted octanol–water partition coefficient (Wildman–Crippen LogP) is 4.11. The Bertz CT molecular complexity index is 1090. The number of thiophene rings is 1. The molecule has 1 aromatic carbocycles. The Morgan fingerprint density at radius 2 is 1.89 bits per heavy atom. The third kappa shape index (κ3) is 5.99. The molecule has 0 bridgehead atoms. The summed E-state index contributed by atoms with van der Waals surface area (Å²) in [6.45, 7) is 8.95. The van der Waals surface area contributed by atoms with E-state index < -0.39 is 4.92 Å². The Morgan fingerprint density at radius 1 is 1.20 bits per heavy atom. The number of nitrogens with one attached hydrogen (secondary N) is 1. The number of nitro benzene ring substituents is 1. The van der Waals surface area contributed by atoms with Gasteiger partial charge in [0, 0.05) is 48.9 Å². The normalized spacial score (nSPS) is 18.3. The molecule has 1 atom stereocenters. The number of nitrogens with zero attached hydrogens (tertiary/aromatic N) is 3. The molecule has 1 aromatic heterocycles. The molecule has 4 rings (SSSR count). The second-order valence-electron chi connectivity index (χ2n) is 9.59. The van der Waals surface area contributed by atoms with E-state index in [-0.39, 0.29) is 30.2 Å². The van der Waals surface area contributed by atoms with Crippen LogP contribution in [0.4, 0.5) is 16.4 Å². The van der Waals surface area contributed by atoms with E-state index in [1.54, 1.807) is 12.1 Å². The maximum Gasteiger partial charge on any atom is 0.341 e. The van der Waals surface area contributed by atoms with Crippen molar-refractivity contribution >= 4 is 39.6 Å². The van der Waals surface area contributed by atoms with Gasteiger partial charge in [-0.15, -0.1) is 11.3 Å². The summed E-state index contributed by atoms with van der Waals surface area (Å²) in [5.41, 5.74) is 2.57. The number of ether oxygens (including phenoxy) is 1. The molecule has 0 saturated carbocycles. The number of benzene rings is 1. The zero-order valence-corrected chi connectivity index (χ0v) is 21.2. The van der Waals surface area contributed by atoms with Crippen LogP contribution in [0.5, 0.6) is 0 Å². The Kier molecular flexibility index (Phi) is 7.71. The van der Waals surface area contributed by atoms with Crippen LogP contribution in [0, 0.1) is 16.0 Å². The van der Waals surface area contributed by atoms with Gasteiger partial charge in [-0.1, -0.05) is 6.92 Å². The number of anilines is 2. The number of piperazine rings is 1. The van der Waals surface area contributed by atoms with Crippen molar-refractivity contribution in [3.8, 4) is 0 Å². The maximum atomic E-state index is 12.9. The molecule has 0 unspecified atom stereocenters. The minimum Gasteiger partial charge on any atom is -0.459 e. The van der Waals surface area contributed by atoms with Crippen LogP contribution in [0.3, 0.4) is 0 Å². The molecule has 1 aliphatic heterocycles. The topological polar surface area (TPSA) is 105 Å². The number of non-ortho nitro benzene ring substituents is 1. The standard InChI is InChI=1S/C25H32N4O5S/c1-16(2)34-25(31)23-20-9-4-17(3)14-21(20)35-24(23)26-22(30)15-27-10-12-28(13-11-27)18-5-7-19(8-6-18)29(32)33/h5-8,16-17H,4,9-15H2,1-3H3,(H,26,30)/t17-/m1/s1. The van der Waals surface area contributed by atoms with Crippen LogP contribution in [0.15, 0.2) is 24.3 Å². The SMILES string of the molecule is CC(C)OC(=O)c1c(NC(=O)CN2CCN(c3ccc([N+](=O)[O-])cc3)CC2)sc2c1CC[C@@H](C)C2. The Morgan fingerprint density at radius 3 is 2.51 bits per heavy atom. The highest BCUT2D eigenvalue weighted by Crippen LogP contribution is 2.40. The highest BCUT2D eigenvalue weighted by atomic mass is 32.1. The number of esters is 1. The third-order valence-corrected chi connectivity index (χ3v) is 7.65. The van der Waals surface area contributed by atoms with Crippen molar-refractivity contribution in [2.75, 3.05) is 42.9 Å². The van der Waals surface area contributed by atoms with Gasteiger partial charge in [0.2, 0.25) is 5.91 Å². The molecule has 10 heteroatoms. The molecule has 1 amide bonds. The van der Waals surface area contributed by atoms with E-state index in [1.807, 2.05) is 13.8 Å². The molecule has 35 heavy (non-hydrogen) atoms. The zero-order chi connectivity index (χ0) is 25.1. The first-order chi connectivity index (χ1) is 16.7. The number of rotatable bonds is 7. The zero-order valence-electron chi connectivity index (χ0n) is 20.4. The fourth-order valence-corrected chi connectivity index (χ4v) is 6.06. The van der Waals surface area contributed by atoms with Gasteiger partial charge in [0.1, 0.15) is 5.00 Å². The second-order valence-corrected chi connectivity index (χ2v) is 10.7. The molecule has 2 heterocycles. The van der Waals surface area contributed by atoms with Crippen molar-refractivity contribution in [1.29, 1.82) is 0 Å². The van der Waals surface area contributed by atoms with Gasteiger partial charge in [-0.25, -0.2) is 4.79 Å². The molecule has 1 aliphatic carbocycles. The number of amides is 1. The lowest BCUT2D eigenvalue weighted by Crippen LogP contribution is -2.48. The minimum atomic E-state index is -0.404. The van der Waals surface area contributed by atoms with Gasteiger partial charge in [0.25, 0.3) is 5.69 Å². The lowest BCUT2D eigenvalue weighted by atomic mass is 9.88. The summed E-state index contributed by atoms with van der Waals surface area (Å²) in [5.74, 6) is 0.0591. The Hall–Kier alpha value is -2.98. The maximum absolute atomic E-state index is 12.9. The molecular formula is C25H32N4O5S. The molecular weight excluding hydrogens is 468 g/mol. The van der Waals surface area contributed by atoms with Gasteiger partial charge in [0.05, 0.1) is 23.1 Å². The van der Waals surface area contributed by atoms with Crippen molar-refractivity contribution in [2.24, 2.45) is 5.92 Å². The van der Waals surface area contributed by atoms with Crippen molar-refractivity contribution in [3.05, 3.63) is 50.4 Å². The predicted molar refractivity (Wildman–Crippen MR) is 136 cm³/mol. The Balaban J connectivity index is 1.37. The average molecular weight is 501 g/mol. The van der Waals surface area contributed by atoms with E-state index in [0.29, 0.717) is 29.6 Å². The summed E-state index contributed by atoms with van der Waals surface area (Å²) in [6.07, 6.45) is 2.55. The van der Waals surface area contributed by atoms with Gasteiger partial charge in [-0.2, -0.15) is 0 Å². The number of hydrogen-bond acceptors (Lipinski definition) is 8. The van der Waals surface area contributed by atoms with Crippen LogP contribution in [0.1, 0.15) is 48.0 Å². The number of carbonyl (C=O) groups excluding carboxylic acids is 2. The van der Waals surface area contributed by atoms with Crippen LogP contribution in [-0.2, 0) is 22.4 Å². The van der Waals surface area contributed by atoms with Crippen molar-refractivity contribution in [1.82, 2.24) is 4.90 Å². The monoisotopic (exact) mass is 500 g/mol. The van der Waals surface area contributed by atoms with E-state index in [0.717, 1.165) is 43.6 Å². The van der Waals surface area contributed by atoms with E-state index in [1.165, 1.54) is 28.3 Å². The van der Waals surface area contributed by atoms with Gasteiger partial charge < -0.3 is 15.0 Å². The highest BCUT2D eigenvalue weighted by Gasteiger charge is 2.30. The average Bonchev–Trinajstić information content (AvgIpc) is 3.15. The van der Waals surface area contributed by atoms with Crippen LogP contribution in [0.2, 0.25) is 0 Å². The quantitative estimate of drug-likeness (QED) is 0.347. The number of nitro groups is 1. The third-order valence-electron chi connectivity index (χ3n) is 6.48. The molecule has 1 fully saturated rings. The molecule has 9 nitrogen and oxygen atoms in total. The summed E-state index contributed by atoms with van der Waals surface area (Å²) in [4.78, 5) is 41.7. The molecule has 0 radical (unpaired) electrons. The minimum absolute atomic E-state index is 0.0745. The van der Waals surface area contributed by atoms with Crippen LogP contribution in [0.25, 0.3) is 0 Å². The summed E-state index contributed by atoms with van der Waals surface area (Å²) in [7, 11) is 0. The van der Waals surface area contributed by atoms with Crippen molar-refractivity contribution in [2.45, 2.75) is 46.1 Å². The fraction of sp³-hybridized carbons (Fsp3) is 0.520. The smallest absolute Gasteiger partial charge is 0.341 e. The van der Waals surface area contributed by atoms with Gasteiger partial charge in [0.15, 0.2) is 0 Å². The fourth-order valence-electron chi connectivity index (χ4n) is 4.65. The lowest BCUT2D eigenvalue weighted by molar-refractivity contribution is -0.384. The first-order valence-corrected chi connectivity index (χ1v) is 12.9. The van der Waals surface area contributed by atoms with E-state index in [9.17, 15) is 19.7 Å². The number of hydrogen-bond donors (Lipinski definition) is 1. The molecule has 1 saturated heterocycles. The van der Waals surface area contributed by atoms with Crippen molar-refractivity contribution < 1.29 is 19.2 Å². The number of fused-ring (bicyclic) bond motifs is 1. The Labute approximate surface area is 209 Å². The van der Waals surface area contributed by atoms with Crippen LogP contribution >= 0.6 is 11.3 Å². The lowest BCUT2D eigenvalue weighted by Gasteiger charge is -2.35. The van der Waals surface area contributed by atoms with Gasteiger partial charge >= 0.3 is 5.97 Å². The second kappa shape index (κ2) is 10.7. The molecule has 1 N–H and O–H groups in total. The summed E-state index contributed by atoms with van der Waals surface area (Å²) < 4.78 is 5.50. The van der Waals surface area contributed by atoms with E-state index >= 15 is 0 Å². The van der Waals surface area contributed by atoms with E-state index in [2.05, 4.69) is 22.0 Å². The van der Waals surface area contributed by atoms with Crippen LogP contribution in [-0.4, -0.2) is 60.5 Å². The molecule has 2 aliphatic rings. The molecule has 0 spiro atoms. The van der Waals surface area contributed by atoms with E-state index in [4.69, 9.17) is 4.74 Å². The first kappa shape index (κ1) is 25.1. The summed E-state index contributed by atoms with van der Waals surface area (Å²) in [5, 5.41) is 14.5. The van der Waals surface area contributed by atoms with Gasteiger partial charge in [-0.05, 0) is 56.7 Å². The highest BCUT2D eigenvalue weighted by molar-refractivity contribution is 7.17. The van der Waals surface area contributed by atoms with Crippen LogP contribution < -0.4 is 10.2 Å². The first-order valence-electron chi connectivity index (χ1n) is 12.1. The van der Waals surface area contributed by atoms with Crippen molar-refractivity contribution in [3.63, 3.8) is 0 Å². The summed E-state index contributed by atoms with van der Waals surface area (Å²) >= 11 is 1.50.